The zero-order valence-corrected chi connectivity index (χ0v) is 15.6. The third-order valence-electron chi connectivity index (χ3n) is 5.35. The molecule has 4 rings (SSSR count). The van der Waals surface area contributed by atoms with Gasteiger partial charge in [-0.3, -0.25) is 4.79 Å². The van der Waals surface area contributed by atoms with E-state index in [0.29, 0.717) is 17.9 Å². The second-order valence-corrected chi connectivity index (χ2v) is 9.31. The lowest BCUT2D eigenvalue weighted by Crippen LogP contribution is -2.56. The summed E-state index contributed by atoms with van der Waals surface area (Å²) in [7, 11) is -4.40. The van der Waals surface area contributed by atoms with E-state index in [1.54, 1.807) is 0 Å². The monoisotopic (exact) mass is 412 g/mol. The van der Waals surface area contributed by atoms with E-state index in [1.807, 2.05) is 0 Å². The standard InChI is InChI=1S/C19H15ClF2O4S/c20-12-4-6-13(7-5-12)27(24,25)19-11(2-1-3-16(19)23)10-26-18-15(22)9-8-14(21)17(18)19/h4-9,11H,1-3,10H2. The van der Waals surface area contributed by atoms with Gasteiger partial charge in [0.2, 0.25) is 0 Å². The molecule has 0 amide bonds. The molecule has 1 aliphatic heterocycles. The summed E-state index contributed by atoms with van der Waals surface area (Å²) >= 11 is 5.85. The van der Waals surface area contributed by atoms with Crippen LogP contribution in [0, 0.1) is 17.6 Å². The van der Waals surface area contributed by atoms with Crippen LogP contribution in [0.1, 0.15) is 24.8 Å². The van der Waals surface area contributed by atoms with Gasteiger partial charge < -0.3 is 4.74 Å². The molecule has 0 spiro atoms. The van der Waals surface area contributed by atoms with Crippen molar-refractivity contribution >= 4 is 27.2 Å². The molecule has 0 radical (unpaired) electrons. The van der Waals surface area contributed by atoms with Crippen LogP contribution in [0.2, 0.25) is 5.02 Å². The van der Waals surface area contributed by atoms with Crippen LogP contribution in [-0.2, 0) is 19.4 Å². The molecule has 2 unspecified atom stereocenters. The van der Waals surface area contributed by atoms with Crippen LogP contribution in [-0.4, -0.2) is 20.8 Å². The van der Waals surface area contributed by atoms with Crippen molar-refractivity contribution in [2.24, 2.45) is 5.92 Å². The number of Topliss-reactive ketones (excluding diaryl/α,β-unsaturated/α-hetero) is 1. The summed E-state index contributed by atoms with van der Waals surface area (Å²) in [6, 6.07) is 7.02. The minimum Gasteiger partial charge on any atom is -0.490 e. The smallest absolute Gasteiger partial charge is 0.196 e. The van der Waals surface area contributed by atoms with Gasteiger partial charge in [0.25, 0.3) is 0 Å². The molecule has 4 nitrogen and oxygen atoms in total. The summed E-state index contributed by atoms with van der Waals surface area (Å²) in [5.74, 6) is -3.80. The zero-order chi connectivity index (χ0) is 19.4. The van der Waals surface area contributed by atoms with Gasteiger partial charge >= 0.3 is 0 Å². The van der Waals surface area contributed by atoms with Gasteiger partial charge in [-0.15, -0.1) is 0 Å². The Labute approximate surface area is 160 Å². The van der Waals surface area contributed by atoms with Crippen LogP contribution < -0.4 is 4.74 Å². The van der Waals surface area contributed by atoms with E-state index < -0.39 is 49.2 Å². The van der Waals surface area contributed by atoms with Gasteiger partial charge in [0.1, 0.15) is 5.82 Å². The van der Waals surface area contributed by atoms with E-state index >= 15 is 0 Å². The molecule has 0 aromatic heterocycles. The summed E-state index contributed by atoms with van der Waals surface area (Å²) in [5.41, 5.74) is -0.515. The third-order valence-corrected chi connectivity index (χ3v) is 8.11. The van der Waals surface area contributed by atoms with E-state index in [0.717, 1.165) is 12.1 Å². The van der Waals surface area contributed by atoms with E-state index in [1.165, 1.54) is 24.3 Å². The Kier molecular flexibility index (Phi) is 4.27. The largest absolute Gasteiger partial charge is 0.490 e. The van der Waals surface area contributed by atoms with E-state index in [-0.39, 0.29) is 17.9 Å². The van der Waals surface area contributed by atoms with Crippen LogP contribution in [0.25, 0.3) is 0 Å². The molecule has 2 atom stereocenters. The number of carbonyl (C=O) groups excluding carboxylic acids is 1. The minimum absolute atomic E-state index is 0.0291. The quantitative estimate of drug-likeness (QED) is 0.746. The van der Waals surface area contributed by atoms with Crippen LogP contribution in [0.15, 0.2) is 41.3 Å². The summed E-state index contributed by atoms with van der Waals surface area (Å²) in [6.45, 7) is -0.175. The predicted octanol–water partition coefficient (Wildman–Crippen LogP) is 4.05. The first-order valence-corrected chi connectivity index (χ1v) is 10.3. The molecule has 1 fully saturated rings. The predicted molar refractivity (Wildman–Crippen MR) is 94.5 cm³/mol. The highest BCUT2D eigenvalue weighted by molar-refractivity contribution is 7.93. The topological polar surface area (TPSA) is 60.4 Å². The molecule has 27 heavy (non-hydrogen) atoms. The second-order valence-electron chi connectivity index (χ2n) is 6.75. The first-order chi connectivity index (χ1) is 12.8. The second kappa shape index (κ2) is 6.27. The van der Waals surface area contributed by atoms with E-state index in [4.69, 9.17) is 16.3 Å². The molecule has 142 valence electrons. The van der Waals surface area contributed by atoms with Crippen molar-refractivity contribution in [3.63, 3.8) is 0 Å². The van der Waals surface area contributed by atoms with Gasteiger partial charge in [-0.2, -0.15) is 0 Å². The maximum atomic E-state index is 14.9. The Bertz CT molecular complexity index is 1040. The average Bonchev–Trinajstić information content (AvgIpc) is 2.64. The van der Waals surface area contributed by atoms with Crippen molar-refractivity contribution in [2.45, 2.75) is 28.9 Å². The molecule has 0 bridgehead atoms. The van der Waals surface area contributed by atoms with E-state index in [9.17, 15) is 22.0 Å². The fourth-order valence-electron chi connectivity index (χ4n) is 4.18. The number of hydrogen-bond donors (Lipinski definition) is 0. The van der Waals surface area contributed by atoms with Gasteiger partial charge in [-0.05, 0) is 49.2 Å². The zero-order valence-electron chi connectivity index (χ0n) is 14.0. The Hall–Kier alpha value is -1.99. The van der Waals surface area contributed by atoms with Crippen molar-refractivity contribution in [1.29, 1.82) is 0 Å². The Morgan fingerprint density at radius 1 is 1.07 bits per heavy atom. The normalized spacial score (nSPS) is 24.7. The molecule has 0 N–H and O–H groups in total. The number of halogens is 3. The van der Waals surface area contributed by atoms with Crippen LogP contribution in [0.5, 0.6) is 5.75 Å². The molecular weight excluding hydrogens is 398 g/mol. The SMILES string of the molecule is O=C1CCCC2COc3c(F)ccc(F)c3C12S(=O)(=O)c1ccc(Cl)cc1. The van der Waals surface area contributed by atoms with Crippen molar-refractivity contribution < 1.29 is 26.7 Å². The molecular formula is C19H15ClF2O4S. The highest BCUT2D eigenvalue weighted by Gasteiger charge is 2.63. The molecule has 1 aliphatic carbocycles. The van der Waals surface area contributed by atoms with Crippen molar-refractivity contribution in [3.05, 3.63) is 58.6 Å². The number of carbonyl (C=O) groups is 1. The Morgan fingerprint density at radius 2 is 1.74 bits per heavy atom. The van der Waals surface area contributed by atoms with E-state index in [2.05, 4.69) is 0 Å². The lowest BCUT2D eigenvalue weighted by Gasteiger charge is -2.45. The molecule has 2 aromatic rings. The van der Waals surface area contributed by atoms with Crippen LogP contribution in [0.4, 0.5) is 8.78 Å². The van der Waals surface area contributed by atoms with Crippen molar-refractivity contribution in [3.8, 4) is 5.75 Å². The summed E-state index contributed by atoms with van der Waals surface area (Å²) in [4.78, 5) is 13.0. The number of rotatable bonds is 2. The molecule has 1 heterocycles. The van der Waals surface area contributed by atoms with Crippen molar-refractivity contribution in [1.82, 2.24) is 0 Å². The Morgan fingerprint density at radius 3 is 2.44 bits per heavy atom. The molecule has 2 aromatic carbocycles. The highest BCUT2D eigenvalue weighted by Crippen LogP contribution is 2.54. The summed E-state index contributed by atoms with van der Waals surface area (Å²) in [6.07, 6.45) is 0.795. The highest BCUT2D eigenvalue weighted by atomic mass is 35.5. The van der Waals surface area contributed by atoms with Gasteiger partial charge in [0.05, 0.1) is 17.1 Å². The first-order valence-electron chi connectivity index (χ1n) is 8.45. The third kappa shape index (κ3) is 2.44. The Balaban J connectivity index is 2.09. The van der Waals surface area contributed by atoms with Crippen LogP contribution in [0.3, 0.4) is 0 Å². The molecule has 0 saturated heterocycles. The van der Waals surface area contributed by atoms with Gasteiger partial charge in [0, 0.05) is 17.4 Å². The fraction of sp³-hybridized carbons (Fsp3) is 0.316. The first kappa shape index (κ1) is 18.4. The summed E-state index contributed by atoms with van der Waals surface area (Å²) < 4.78 is 59.7. The number of hydrogen-bond acceptors (Lipinski definition) is 4. The number of benzene rings is 2. The molecule has 2 aliphatic rings. The fourth-order valence-corrected chi connectivity index (χ4v) is 6.66. The number of ether oxygens (including phenoxy) is 1. The minimum atomic E-state index is -4.40. The van der Waals surface area contributed by atoms with Gasteiger partial charge in [-0.1, -0.05) is 11.6 Å². The number of fused-ring (bicyclic) bond motifs is 3. The van der Waals surface area contributed by atoms with Crippen LogP contribution >= 0.6 is 11.6 Å². The van der Waals surface area contributed by atoms with Crippen molar-refractivity contribution in [2.75, 3.05) is 6.61 Å². The van der Waals surface area contributed by atoms with Gasteiger partial charge in [-0.25, -0.2) is 17.2 Å². The summed E-state index contributed by atoms with van der Waals surface area (Å²) in [5, 5.41) is 0.322. The van der Waals surface area contributed by atoms with Gasteiger partial charge in [0.15, 0.2) is 31.9 Å². The number of sulfone groups is 1. The maximum Gasteiger partial charge on any atom is 0.196 e. The average molecular weight is 413 g/mol. The lowest BCUT2D eigenvalue weighted by atomic mass is 9.72. The molecule has 8 heteroatoms. The number of ketones is 1. The maximum absolute atomic E-state index is 14.9. The molecule has 1 saturated carbocycles. The lowest BCUT2D eigenvalue weighted by molar-refractivity contribution is -0.126.